The SMILES string of the molecule is CCN(CC)C(=O)[C@@H]1CSCN1C(=O)c1ccc(SC)o1. The molecule has 0 bridgehead atoms. The van der Waals surface area contributed by atoms with Gasteiger partial charge >= 0.3 is 0 Å². The minimum Gasteiger partial charge on any atom is -0.445 e. The van der Waals surface area contributed by atoms with E-state index in [4.69, 9.17) is 4.42 Å². The zero-order chi connectivity index (χ0) is 15.4. The molecule has 116 valence electrons. The predicted molar refractivity (Wildman–Crippen MR) is 85.7 cm³/mol. The van der Waals surface area contributed by atoms with Crippen molar-refractivity contribution in [2.75, 3.05) is 31.0 Å². The smallest absolute Gasteiger partial charge is 0.291 e. The third kappa shape index (κ3) is 3.40. The summed E-state index contributed by atoms with van der Waals surface area (Å²) in [6.45, 7) is 5.23. The summed E-state index contributed by atoms with van der Waals surface area (Å²) in [7, 11) is 0. The van der Waals surface area contributed by atoms with Gasteiger partial charge < -0.3 is 14.2 Å². The first-order valence-corrected chi connectivity index (χ1v) is 9.31. The number of furan rings is 1. The van der Waals surface area contributed by atoms with E-state index in [0.717, 1.165) is 0 Å². The summed E-state index contributed by atoms with van der Waals surface area (Å²) in [6.07, 6.45) is 1.89. The molecule has 1 aromatic rings. The van der Waals surface area contributed by atoms with Crippen LogP contribution in [0.3, 0.4) is 0 Å². The first-order chi connectivity index (χ1) is 10.1. The zero-order valence-electron chi connectivity index (χ0n) is 12.5. The summed E-state index contributed by atoms with van der Waals surface area (Å²) >= 11 is 3.05. The van der Waals surface area contributed by atoms with E-state index in [1.807, 2.05) is 20.1 Å². The van der Waals surface area contributed by atoms with Gasteiger partial charge in [0.05, 0.1) is 5.88 Å². The Hall–Kier alpha value is -1.08. The molecule has 1 saturated heterocycles. The van der Waals surface area contributed by atoms with Gasteiger partial charge in [-0.1, -0.05) is 11.8 Å². The Labute approximate surface area is 133 Å². The van der Waals surface area contributed by atoms with Crippen LogP contribution in [0.15, 0.2) is 21.6 Å². The summed E-state index contributed by atoms with van der Waals surface area (Å²) < 4.78 is 5.49. The second-order valence-electron chi connectivity index (χ2n) is 4.62. The molecular weight excluding hydrogens is 308 g/mol. The van der Waals surface area contributed by atoms with Crippen LogP contribution in [0.5, 0.6) is 0 Å². The Balaban J connectivity index is 2.14. The number of carbonyl (C=O) groups is 2. The van der Waals surface area contributed by atoms with Crippen LogP contribution < -0.4 is 0 Å². The van der Waals surface area contributed by atoms with Crippen molar-refractivity contribution < 1.29 is 14.0 Å². The molecule has 7 heteroatoms. The lowest BCUT2D eigenvalue weighted by Crippen LogP contribution is -2.48. The number of likely N-dealkylation sites (N-methyl/N-ethyl adjacent to an activating group) is 1. The van der Waals surface area contributed by atoms with E-state index < -0.39 is 0 Å². The number of nitrogens with zero attached hydrogens (tertiary/aromatic N) is 2. The Kier molecular flexibility index (Phi) is 5.64. The van der Waals surface area contributed by atoms with Crippen molar-refractivity contribution in [3.05, 3.63) is 17.9 Å². The van der Waals surface area contributed by atoms with Gasteiger partial charge in [-0.2, -0.15) is 0 Å². The fraction of sp³-hybridized carbons (Fsp3) is 0.571. The van der Waals surface area contributed by atoms with E-state index in [1.54, 1.807) is 33.7 Å². The van der Waals surface area contributed by atoms with Crippen LogP contribution in [-0.2, 0) is 4.79 Å². The maximum Gasteiger partial charge on any atom is 0.291 e. The monoisotopic (exact) mass is 328 g/mol. The average Bonchev–Trinajstić information content (AvgIpc) is 3.16. The van der Waals surface area contributed by atoms with Crippen molar-refractivity contribution >= 4 is 35.3 Å². The lowest BCUT2D eigenvalue weighted by Gasteiger charge is -2.27. The second kappa shape index (κ2) is 7.26. The Morgan fingerprint density at radius 3 is 2.71 bits per heavy atom. The van der Waals surface area contributed by atoms with Crippen LogP contribution >= 0.6 is 23.5 Å². The normalized spacial score (nSPS) is 18.0. The number of rotatable bonds is 5. The highest BCUT2D eigenvalue weighted by atomic mass is 32.2. The largest absolute Gasteiger partial charge is 0.445 e. The van der Waals surface area contributed by atoms with Gasteiger partial charge in [0, 0.05) is 18.8 Å². The fourth-order valence-corrected chi connectivity index (χ4v) is 3.80. The summed E-state index contributed by atoms with van der Waals surface area (Å²) in [4.78, 5) is 28.4. The number of thioether (sulfide) groups is 2. The fourth-order valence-electron chi connectivity index (χ4n) is 2.28. The maximum absolute atomic E-state index is 12.5. The lowest BCUT2D eigenvalue weighted by atomic mass is 10.2. The Morgan fingerprint density at radius 2 is 2.14 bits per heavy atom. The average molecular weight is 328 g/mol. The van der Waals surface area contributed by atoms with Gasteiger partial charge in [-0.05, 0) is 32.2 Å². The Morgan fingerprint density at radius 1 is 1.43 bits per heavy atom. The van der Waals surface area contributed by atoms with Crippen molar-refractivity contribution in [1.29, 1.82) is 0 Å². The quantitative estimate of drug-likeness (QED) is 0.777. The van der Waals surface area contributed by atoms with Gasteiger partial charge in [-0.3, -0.25) is 9.59 Å². The van der Waals surface area contributed by atoms with E-state index in [1.165, 1.54) is 11.8 Å². The van der Waals surface area contributed by atoms with Crippen molar-refractivity contribution in [3.8, 4) is 0 Å². The van der Waals surface area contributed by atoms with E-state index >= 15 is 0 Å². The molecule has 1 fully saturated rings. The van der Waals surface area contributed by atoms with Gasteiger partial charge in [0.15, 0.2) is 10.9 Å². The molecule has 0 radical (unpaired) electrons. The van der Waals surface area contributed by atoms with Gasteiger partial charge in [0.1, 0.15) is 6.04 Å². The maximum atomic E-state index is 12.5. The summed E-state index contributed by atoms with van der Waals surface area (Å²) in [5, 5.41) is 0.705. The van der Waals surface area contributed by atoms with Crippen molar-refractivity contribution in [2.24, 2.45) is 0 Å². The van der Waals surface area contributed by atoms with Crippen LogP contribution in [0.4, 0.5) is 0 Å². The molecule has 1 aromatic heterocycles. The molecule has 0 aliphatic carbocycles. The molecule has 1 atom stereocenters. The van der Waals surface area contributed by atoms with Crippen molar-refractivity contribution in [3.63, 3.8) is 0 Å². The highest BCUT2D eigenvalue weighted by Crippen LogP contribution is 2.26. The first kappa shape index (κ1) is 16.3. The van der Waals surface area contributed by atoms with Crippen LogP contribution in [0, 0.1) is 0 Å². The lowest BCUT2D eigenvalue weighted by molar-refractivity contribution is -0.134. The number of hydrogen-bond acceptors (Lipinski definition) is 5. The van der Waals surface area contributed by atoms with Crippen LogP contribution in [0.2, 0.25) is 0 Å². The molecule has 2 heterocycles. The summed E-state index contributed by atoms with van der Waals surface area (Å²) in [5.74, 6) is 1.31. The minimum absolute atomic E-state index is 0.0231. The minimum atomic E-state index is -0.384. The summed E-state index contributed by atoms with van der Waals surface area (Å²) in [5.41, 5.74) is 0. The molecule has 5 nitrogen and oxygen atoms in total. The molecular formula is C14H20N2O3S2. The zero-order valence-corrected chi connectivity index (χ0v) is 14.1. The molecule has 1 aliphatic rings. The third-order valence-electron chi connectivity index (χ3n) is 3.50. The van der Waals surface area contributed by atoms with E-state index in [2.05, 4.69) is 0 Å². The van der Waals surface area contributed by atoms with E-state index in [-0.39, 0.29) is 17.9 Å². The molecule has 0 N–H and O–H groups in total. The molecule has 2 amide bonds. The third-order valence-corrected chi connectivity index (χ3v) is 5.13. The highest BCUT2D eigenvalue weighted by molar-refractivity contribution is 7.99. The van der Waals surface area contributed by atoms with Crippen LogP contribution in [0.25, 0.3) is 0 Å². The Bertz CT molecular complexity index is 514. The molecule has 0 unspecified atom stereocenters. The number of amides is 2. The predicted octanol–water partition coefficient (Wildman–Crippen LogP) is 2.39. The van der Waals surface area contributed by atoms with Crippen LogP contribution in [0.1, 0.15) is 24.4 Å². The molecule has 0 aromatic carbocycles. The number of hydrogen-bond donors (Lipinski definition) is 0. The standard InChI is InChI=1S/C14H20N2O3S2/c1-4-15(5-2)13(17)10-8-21-9-16(10)14(18)11-6-7-12(19-11)20-3/h6-7,10H,4-5,8-9H2,1-3H3/t10-/m0/s1. The molecule has 2 rings (SSSR count). The van der Waals surface area contributed by atoms with Crippen LogP contribution in [-0.4, -0.2) is 58.6 Å². The van der Waals surface area contributed by atoms with E-state index in [0.29, 0.717) is 35.6 Å². The highest BCUT2D eigenvalue weighted by Gasteiger charge is 2.37. The molecule has 0 saturated carbocycles. The topological polar surface area (TPSA) is 53.8 Å². The number of carbonyl (C=O) groups excluding carboxylic acids is 2. The first-order valence-electron chi connectivity index (χ1n) is 6.93. The molecule has 1 aliphatic heterocycles. The molecule has 0 spiro atoms. The van der Waals surface area contributed by atoms with E-state index in [9.17, 15) is 9.59 Å². The van der Waals surface area contributed by atoms with Gasteiger partial charge in [0.25, 0.3) is 5.91 Å². The van der Waals surface area contributed by atoms with Crippen molar-refractivity contribution in [2.45, 2.75) is 25.0 Å². The summed E-state index contributed by atoms with van der Waals surface area (Å²) in [6, 6.07) is 3.07. The van der Waals surface area contributed by atoms with Gasteiger partial charge in [-0.15, -0.1) is 11.8 Å². The second-order valence-corrected chi connectivity index (χ2v) is 6.43. The van der Waals surface area contributed by atoms with Gasteiger partial charge in [0.2, 0.25) is 5.91 Å². The van der Waals surface area contributed by atoms with Gasteiger partial charge in [-0.25, -0.2) is 0 Å². The molecule has 21 heavy (non-hydrogen) atoms. The van der Waals surface area contributed by atoms with Crippen molar-refractivity contribution in [1.82, 2.24) is 9.80 Å².